The number of aromatic hydroxyl groups is 1. The van der Waals surface area contributed by atoms with Crippen molar-refractivity contribution in [1.82, 2.24) is 14.9 Å². The van der Waals surface area contributed by atoms with E-state index in [1.807, 2.05) is 24.7 Å². The van der Waals surface area contributed by atoms with Gasteiger partial charge in [-0.25, -0.2) is 4.98 Å². The van der Waals surface area contributed by atoms with Crippen LogP contribution in [0, 0.1) is 0 Å². The van der Waals surface area contributed by atoms with E-state index in [4.69, 9.17) is 0 Å². The maximum Gasteiger partial charge on any atom is 0.115 e. The first-order valence-electron chi connectivity index (χ1n) is 6.21. The molecule has 0 aliphatic carbocycles. The lowest BCUT2D eigenvalue weighted by molar-refractivity contribution is 0.474. The second-order valence-electron chi connectivity index (χ2n) is 4.53. The zero-order chi connectivity index (χ0) is 12.8. The first-order chi connectivity index (χ1) is 8.74. The number of imidazole rings is 1. The maximum atomic E-state index is 9.21. The number of rotatable bonds is 6. The van der Waals surface area contributed by atoms with Crippen molar-refractivity contribution >= 4 is 0 Å². The van der Waals surface area contributed by atoms with E-state index < -0.39 is 0 Å². The molecule has 1 unspecified atom stereocenters. The Morgan fingerprint density at radius 3 is 2.78 bits per heavy atom. The summed E-state index contributed by atoms with van der Waals surface area (Å²) in [7, 11) is 0. The highest BCUT2D eigenvalue weighted by molar-refractivity contribution is 5.26. The van der Waals surface area contributed by atoms with Crippen LogP contribution in [0.4, 0.5) is 0 Å². The zero-order valence-corrected chi connectivity index (χ0v) is 10.6. The third-order valence-electron chi connectivity index (χ3n) is 2.90. The Morgan fingerprint density at radius 2 is 2.11 bits per heavy atom. The summed E-state index contributed by atoms with van der Waals surface area (Å²) in [6.07, 6.45) is 6.54. The maximum absolute atomic E-state index is 9.21. The highest BCUT2D eigenvalue weighted by Crippen LogP contribution is 2.11. The highest BCUT2D eigenvalue weighted by Gasteiger charge is 2.02. The summed E-state index contributed by atoms with van der Waals surface area (Å²) in [5.41, 5.74) is 1.23. The summed E-state index contributed by atoms with van der Waals surface area (Å²) in [6, 6.07) is 7.80. The van der Waals surface area contributed by atoms with Crippen molar-refractivity contribution in [2.45, 2.75) is 25.9 Å². The van der Waals surface area contributed by atoms with Gasteiger partial charge in [-0.1, -0.05) is 12.1 Å². The first-order valence-corrected chi connectivity index (χ1v) is 6.21. The van der Waals surface area contributed by atoms with Crippen molar-refractivity contribution in [3.63, 3.8) is 0 Å². The van der Waals surface area contributed by atoms with E-state index >= 15 is 0 Å². The standard InChI is InChI=1S/C14H19N3O/c1-12(10-13-2-4-14(18)5-3-13)16-7-9-17-8-6-15-11-17/h2-6,8,11-12,16,18H,7,9-10H2,1H3. The van der Waals surface area contributed by atoms with Gasteiger partial charge < -0.3 is 15.0 Å². The van der Waals surface area contributed by atoms with Crippen molar-refractivity contribution in [1.29, 1.82) is 0 Å². The second kappa shape index (κ2) is 6.21. The molecule has 0 amide bonds. The summed E-state index contributed by atoms with van der Waals surface area (Å²) < 4.78 is 2.06. The first kappa shape index (κ1) is 12.6. The lowest BCUT2D eigenvalue weighted by Gasteiger charge is -2.14. The Balaban J connectivity index is 1.71. The summed E-state index contributed by atoms with van der Waals surface area (Å²) >= 11 is 0. The quantitative estimate of drug-likeness (QED) is 0.816. The average Bonchev–Trinajstić information content (AvgIpc) is 2.85. The third kappa shape index (κ3) is 3.89. The predicted molar refractivity (Wildman–Crippen MR) is 71.5 cm³/mol. The van der Waals surface area contributed by atoms with Crippen molar-refractivity contribution in [2.24, 2.45) is 0 Å². The molecule has 2 rings (SSSR count). The van der Waals surface area contributed by atoms with Gasteiger partial charge >= 0.3 is 0 Å². The van der Waals surface area contributed by atoms with Crippen molar-refractivity contribution in [3.8, 4) is 5.75 Å². The molecule has 4 heteroatoms. The second-order valence-corrected chi connectivity index (χ2v) is 4.53. The molecule has 1 aromatic heterocycles. The van der Waals surface area contributed by atoms with Crippen molar-refractivity contribution in [3.05, 3.63) is 48.5 Å². The molecule has 0 aliphatic heterocycles. The van der Waals surface area contributed by atoms with E-state index in [0.717, 1.165) is 19.5 Å². The van der Waals surface area contributed by atoms with Gasteiger partial charge in [-0.2, -0.15) is 0 Å². The van der Waals surface area contributed by atoms with E-state index in [1.54, 1.807) is 18.3 Å². The van der Waals surface area contributed by atoms with E-state index in [1.165, 1.54) is 5.56 Å². The summed E-state index contributed by atoms with van der Waals surface area (Å²) in [5.74, 6) is 0.319. The van der Waals surface area contributed by atoms with Crippen LogP contribution in [0.3, 0.4) is 0 Å². The molecule has 0 saturated carbocycles. The fourth-order valence-electron chi connectivity index (χ4n) is 1.92. The molecule has 2 N–H and O–H groups in total. The van der Waals surface area contributed by atoms with E-state index in [2.05, 4.69) is 21.8 Å². The van der Waals surface area contributed by atoms with Gasteiger partial charge in [0.15, 0.2) is 0 Å². The van der Waals surface area contributed by atoms with Crippen LogP contribution in [0.1, 0.15) is 12.5 Å². The van der Waals surface area contributed by atoms with Gasteiger partial charge in [-0.3, -0.25) is 0 Å². The molecular formula is C14H19N3O. The van der Waals surface area contributed by atoms with Gasteiger partial charge in [-0.05, 0) is 31.0 Å². The molecule has 1 heterocycles. The van der Waals surface area contributed by atoms with Crippen LogP contribution in [0.2, 0.25) is 0 Å². The topological polar surface area (TPSA) is 50.1 Å². The number of aromatic nitrogens is 2. The molecule has 0 aliphatic rings. The summed E-state index contributed by atoms with van der Waals surface area (Å²) in [4.78, 5) is 4.01. The Labute approximate surface area is 107 Å². The molecule has 2 aromatic rings. The molecule has 0 saturated heterocycles. The molecule has 0 spiro atoms. The molecule has 1 atom stereocenters. The Kier molecular flexibility index (Phi) is 4.36. The third-order valence-corrected chi connectivity index (χ3v) is 2.90. The molecule has 1 aromatic carbocycles. The largest absolute Gasteiger partial charge is 0.508 e. The van der Waals surface area contributed by atoms with E-state index in [9.17, 15) is 5.11 Å². The number of hydrogen-bond donors (Lipinski definition) is 2. The van der Waals surface area contributed by atoms with Crippen LogP contribution in [0.15, 0.2) is 43.0 Å². The smallest absolute Gasteiger partial charge is 0.115 e. The van der Waals surface area contributed by atoms with Gasteiger partial charge in [0.1, 0.15) is 5.75 Å². The monoisotopic (exact) mass is 245 g/mol. The Morgan fingerprint density at radius 1 is 1.33 bits per heavy atom. The minimum atomic E-state index is 0.319. The van der Waals surface area contributed by atoms with Crippen LogP contribution < -0.4 is 5.32 Å². The normalized spacial score (nSPS) is 12.5. The van der Waals surface area contributed by atoms with Crippen LogP contribution in [-0.2, 0) is 13.0 Å². The van der Waals surface area contributed by atoms with Crippen molar-refractivity contribution < 1.29 is 5.11 Å². The van der Waals surface area contributed by atoms with Crippen LogP contribution in [0.25, 0.3) is 0 Å². The van der Waals surface area contributed by atoms with Gasteiger partial charge in [0.05, 0.1) is 6.33 Å². The number of hydrogen-bond acceptors (Lipinski definition) is 3. The van der Waals surface area contributed by atoms with E-state index in [0.29, 0.717) is 11.8 Å². The molecule has 0 fully saturated rings. The minimum Gasteiger partial charge on any atom is -0.508 e. The molecule has 18 heavy (non-hydrogen) atoms. The van der Waals surface area contributed by atoms with Crippen LogP contribution >= 0.6 is 0 Å². The number of nitrogens with one attached hydrogen (secondary N) is 1. The zero-order valence-electron chi connectivity index (χ0n) is 10.6. The molecular weight excluding hydrogens is 226 g/mol. The van der Waals surface area contributed by atoms with Crippen LogP contribution in [0.5, 0.6) is 5.75 Å². The molecule has 96 valence electrons. The fraction of sp³-hybridized carbons (Fsp3) is 0.357. The Bertz CT molecular complexity index is 450. The molecule has 0 bridgehead atoms. The highest BCUT2D eigenvalue weighted by atomic mass is 16.3. The van der Waals surface area contributed by atoms with Gasteiger partial charge in [0.2, 0.25) is 0 Å². The summed E-state index contributed by atoms with van der Waals surface area (Å²) in [6.45, 7) is 4.02. The predicted octanol–water partition coefficient (Wildman–Crippen LogP) is 1.81. The van der Waals surface area contributed by atoms with Gasteiger partial charge in [-0.15, -0.1) is 0 Å². The SMILES string of the molecule is CC(Cc1ccc(O)cc1)NCCn1ccnc1. The molecule has 4 nitrogen and oxygen atoms in total. The number of benzene rings is 1. The minimum absolute atomic E-state index is 0.319. The van der Waals surface area contributed by atoms with Crippen molar-refractivity contribution in [2.75, 3.05) is 6.54 Å². The lowest BCUT2D eigenvalue weighted by Crippen LogP contribution is -2.30. The lowest BCUT2D eigenvalue weighted by atomic mass is 10.1. The van der Waals surface area contributed by atoms with E-state index in [-0.39, 0.29) is 0 Å². The molecule has 0 radical (unpaired) electrons. The average molecular weight is 245 g/mol. The Hall–Kier alpha value is -1.81. The number of phenols is 1. The summed E-state index contributed by atoms with van der Waals surface area (Å²) in [5, 5.41) is 12.7. The fourth-order valence-corrected chi connectivity index (χ4v) is 1.92. The number of phenolic OH excluding ortho intramolecular Hbond substituents is 1. The number of nitrogens with zero attached hydrogens (tertiary/aromatic N) is 2. The van der Waals surface area contributed by atoms with Crippen LogP contribution in [-0.4, -0.2) is 27.2 Å². The van der Waals surface area contributed by atoms with Gasteiger partial charge in [0, 0.05) is 31.5 Å². The van der Waals surface area contributed by atoms with Gasteiger partial charge in [0.25, 0.3) is 0 Å².